The van der Waals surface area contributed by atoms with E-state index in [9.17, 15) is 9.59 Å². The van der Waals surface area contributed by atoms with E-state index in [2.05, 4.69) is 15.6 Å². The molecule has 0 bridgehead atoms. The summed E-state index contributed by atoms with van der Waals surface area (Å²) in [7, 11) is 0. The highest BCUT2D eigenvalue weighted by Gasteiger charge is 2.14. The molecule has 0 radical (unpaired) electrons. The highest BCUT2D eigenvalue weighted by molar-refractivity contribution is 5.93. The molecule has 1 fully saturated rings. The van der Waals surface area contributed by atoms with E-state index in [-0.39, 0.29) is 11.5 Å². The summed E-state index contributed by atoms with van der Waals surface area (Å²) in [6.45, 7) is 2.82. The largest absolute Gasteiger partial charge is 0.352 e. The number of carbonyl (C=O) groups is 1. The minimum Gasteiger partial charge on any atom is -0.352 e. The van der Waals surface area contributed by atoms with Crippen molar-refractivity contribution in [2.24, 2.45) is 5.92 Å². The molecule has 1 aromatic rings. The van der Waals surface area contributed by atoms with Crippen molar-refractivity contribution in [1.82, 2.24) is 15.6 Å². The molecule has 1 saturated heterocycles. The van der Waals surface area contributed by atoms with Crippen LogP contribution in [0.25, 0.3) is 0 Å². The Labute approximate surface area is 99.6 Å². The number of aromatic nitrogens is 1. The second-order valence-electron chi connectivity index (χ2n) is 4.35. The molecule has 0 spiro atoms. The van der Waals surface area contributed by atoms with Gasteiger partial charge >= 0.3 is 0 Å². The van der Waals surface area contributed by atoms with Crippen LogP contribution in [-0.2, 0) is 0 Å². The van der Waals surface area contributed by atoms with Crippen LogP contribution in [0.3, 0.4) is 0 Å². The molecule has 2 rings (SSSR count). The van der Waals surface area contributed by atoms with Gasteiger partial charge in [-0.3, -0.25) is 9.59 Å². The lowest BCUT2D eigenvalue weighted by molar-refractivity contribution is 0.0951. The second-order valence-corrected chi connectivity index (χ2v) is 4.35. The van der Waals surface area contributed by atoms with Crippen molar-refractivity contribution in [3.63, 3.8) is 0 Å². The Morgan fingerprint density at radius 1 is 1.47 bits per heavy atom. The molecule has 1 aliphatic rings. The van der Waals surface area contributed by atoms with Gasteiger partial charge in [0.05, 0.1) is 5.56 Å². The fourth-order valence-corrected chi connectivity index (χ4v) is 2.00. The number of amides is 1. The van der Waals surface area contributed by atoms with Crippen LogP contribution in [0.4, 0.5) is 0 Å². The molecule has 0 saturated carbocycles. The molecular weight excluding hydrogens is 218 g/mol. The van der Waals surface area contributed by atoms with Crippen molar-refractivity contribution < 1.29 is 4.79 Å². The monoisotopic (exact) mass is 235 g/mol. The minimum absolute atomic E-state index is 0.132. The van der Waals surface area contributed by atoms with Crippen LogP contribution in [0.2, 0.25) is 0 Å². The van der Waals surface area contributed by atoms with Gasteiger partial charge in [0, 0.05) is 18.8 Å². The molecule has 1 amide bonds. The number of nitrogens with one attached hydrogen (secondary N) is 3. The summed E-state index contributed by atoms with van der Waals surface area (Å²) in [5.41, 5.74) is 0.299. The molecule has 1 atom stereocenters. The maximum Gasteiger partial charge on any atom is 0.252 e. The lowest BCUT2D eigenvalue weighted by Gasteiger charge is -2.09. The van der Waals surface area contributed by atoms with Crippen LogP contribution in [0.15, 0.2) is 23.1 Å². The quantitative estimate of drug-likeness (QED) is 0.693. The van der Waals surface area contributed by atoms with Crippen LogP contribution in [0.1, 0.15) is 23.2 Å². The molecule has 92 valence electrons. The standard InChI is InChI=1S/C12H17N3O2/c16-11-2-1-10(8-15-11)12(17)14-6-4-9-3-5-13-7-9/h1-2,8-9,13H,3-7H2,(H,14,17)(H,15,16). The summed E-state index contributed by atoms with van der Waals surface area (Å²) >= 11 is 0. The van der Waals surface area contributed by atoms with E-state index in [1.807, 2.05) is 0 Å². The highest BCUT2D eigenvalue weighted by atomic mass is 16.1. The number of hydrogen-bond donors (Lipinski definition) is 3. The van der Waals surface area contributed by atoms with Gasteiger partial charge in [0.2, 0.25) is 5.56 Å². The van der Waals surface area contributed by atoms with Gasteiger partial charge in [-0.15, -0.1) is 0 Å². The topological polar surface area (TPSA) is 74.0 Å². The number of hydrogen-bond acceptors (Lipinski definition) is 3. The zero-order valence-electron chi connectivity index (χ0n) is 9.66. The van der Waals surface area contributed by atoms with Crippen LogP contribution < -0.4 is 16.2 Å². The van der Waals surface area contributed by atoms with Crippen molar-refractivity contribution >= 4 is 5.91 Å². The van der Waals surface area contributed by atoms with Gasteiger partial charge in [0.15, 0.2) is 0 Å². The third-order valence-corrected chi connectivity index (χ3v) is 3.05. The normalized spacial score (nSPS) is 19.2. The minimum atomic E-state index is -0.196. The number of pyridine rings is 1. The Bertz CT molecular complexity index is 415. The van der Waals surface area contributed by atoms with Crippen molar-refractivity contribution in [1.29, 1.82) is 0 Å². The Balaban J connectivity index is 1.76. The smallest absolute Gasteiger partial charge is 0.252 e. The summed E-state index contributed by atoms with van der Waals surface area (Å²) in [6.07, 6.45) is 3.63. The zero-order valence-corrected chi connectivity index (χ0v) is 9.66. The van der Waals surface area contributed by atoms with Crippen LogP contribution in [0.5, 0.6) is 0 Å². The molecule has 5 heteroatoms. The fraction of sp³-hybridized carbons (Fsp3) is 0.500. The Morgan fingerprint density at radius 3 is 3.00 bits per heavy atom. The molecule has 3 N–H and O–H groups in total. The van der Waals surface area contributed by atoms with Gasteiger partial charge in [0.25, 0.3) is 5.91 Å². The fourth-order valence-electron chi connectivity index (χ4n) is 2.00. The molecule has 2 heterocycles. The van der Waals surface area contributed by atoms with Gasteiger partial charge in [-0.2, -0.15) is 0 Å². The van der Waals surface area contributed by atoms with E-state index >= 15 is 0 Å². The zero-order chi connectivity index (χ0) is 12.1. The lowest BCUT2D eigenvalue weighted by atomic mass is 10.1. The van der Waals surface area contributed by atoms with E-state index < -0.39 is 0 Å². The predicted octanol–water partition coefficient (Wildman–Crippen LogP) is 0.104. The van der Waals surface area contributed by atoms with Gasteiger partial charge in [-0.05, 0) is 37.9 Å². The Hall–Kier alpha value is -1.62. The first kappa shape index (κ1) is 11.9. The number of aromatic amines is 1. The van der Waals surface area contributed by atoms with Crippen LogP contribution >= 0.6 is 0 Å². The molecule has 1 unspecified atom stereocenters. The van der Waals surface area contributed by atoms with Crippen LogP contribution in [-0.4, -0.2) is 30.5 Å². The molecule has 5 nitrogen and oxygen atoms in total. The third kappa shape index (κ3) is 3.42. The van der Waals surface area contributed by atoms with E-state index in [1.54, 1.807) is 0 Å². The van der Waals surface area contributed by atoms with Crippen LogP contribution in [0, 0.1) is 5.92 Å². The maximum absolute atomic E-state index is 11.7. The molecule has 0 aliphatic carbocycles. The first-order chi connectivity index (χ1) is 8.25. The highest BCUT2D eigenvalue weighted by Crippen LogP contribution is 2.10. The predicted molar refractivity (Wildman–Crippen MR) is 65.0 cm³/mol. The van der Waals surface area contributed by atoms with Gasteiger partial charge in [0.1, 0.15) is 0 Å². The average Bonchev–Trinajstić information content (AvgIpc) is 2.83. The number of H-pyrrole nitrogens is 1. The molecular formula is C12H17N3O2. The van der Waals surface area contributed by atoms with Gasteiger partial charge < -0.3 is 15.6 Å². The average molecular weight is 235 g/mol. The lowest BCUT2D eigenvalue weighted by Crippen LogP contribution is -2.27. The van der Waals surface area contributed by atoms with Crippen molar-refractivity contribution in [2.75, 3.05) is 19.6 Å². The summed E-state index contributed by atoms with van der Waals surface area (Å²) in [4.78, 5) is 25.0. The molecule has 1 aromatic heterocycles. The van der Waals surface area contributed by atoms with Crippen molar-refractivity contribution in [3.05, 3.63) is 34.2 Å². The van der Waals surface area contributed by atoms with Crippen molar-refractivity contribution in [2.45, 2.75) is 12.8 Å². The summed E-state index contributed by atoms with van der Waals surface area (Å²) in [5.74, 6) is 0.540. The Morgan fingerprint density at radius 2 is 2.35 bits per heavy atom. The van der Waals surface area contributed by atoms with E-state index in [1.165, 1.54) is 24.8 Å². The van der Waals surface area contributed by atoms with E-state index in [0.29, 0.717) is 18.0 Å². The van der Waals surface area contributed by atoms with Gasteiger partial charge in [-0.25, -0.2) is 0 Å². The number of rotatable bonds is 4. The summed E-state index contributed by atoms with van der Waals surface area (Å²) < 4.78 is 0. The van der Waals surface area contributed by atoms with Gasteiger partial charge in [-0.1, -0.05) is 0 Å². The second kappa shape index (κ2) is 5.63. The first-order valence-electron chi connectivity index (χ1n) is 5.93. The Kier molecular flexibility index (Phi) is 3.93. The molecule has 17 heavy (non-hydrogen) atoms. The van der Waals surface area contributed by atoms with E-state index in [0.717, 1.165) is 19.5 Å². The molecule has 1 aliphatic heterocycles. The SMILES string of the molecule is O=C(NCCC1CCNC1)c1ccc(=O)[nH]c1. The third-order valence-electron chi connectivity index (χ3n) is 3.05. The summed E-state index contributed by atoms with van der Waals surface area (Å²) in [6, 6.07) is 2.89. The first-order valence-corrected chi connectivity index (χ1v) is 5.93. The molecule has 0 aromatic carbocycles. The van der Waals surface area contributed by atoms with Crippen molar-refractivity contribution in [3.8, 4) is 0 Å². The maximum atomic E-state index is 11.7. The number of carbonyl (C=O) groups excluding carboxylic acids is 1. The van der Waals surface area contributed by atoms with E-state index in [4.69, 9.17) is 0 Å². The summed E-state index contributed by atoms with van der Waals surface area (Å²) in [5, 5.41) is 6.15.